The summed E-state index contributed by atoms with van der Waals surface area (Å²) >= 11 is 5.41. The lowest BCUT2D eigenvalue weighted by Crippen LogP contribution is -2.48. The van der Waals surface area contributed by atoms with Gasteiger partial charge in [0.05, 0.1) is 5.56 Å². The summed E-state index contributed by atoms with van der Waals surface area (Å²) in [6.07, 6.45) is 8.22. The van der Waals surface area contributed by atoms with E-state index < -0.39 is 0 Å². The van der Waals surface area contributed by atoms with Gasteiger partial charge in [-0.05, 0) is 117 Å². The summed E-state index contributed by atoms with van der Waals surface area (Å²) in [4.78, 5) is 17.4. The molecule has 1 heterocycles. The number of fused-ring (bicyclic) bond motifs is 1. The Morgan fingerprint density at radius 3 is 2.46 bits per heavy atom. The topological polar surface area (TPSA) is 87.4 Å². The molecule has 0 atom stereocenters. The van der Waals surface area contributed by atoms with E-state index in [1.165, 1.54) is 38.5 Å². The zero-order valence-electron chi connectivity index (χ0n) is 20.2. The van der Waals surface area contributed by atoms with Crippen molar-refractivity contribution in [3.05, 3.63) is 41.5 Å². The first-order valence-corrected chi connectivity index (χ1v) is 13.0. The summed E-state index contributed by atoms with van der Waals surface area (Å²) in [5.74, 6) is 2.82. The van der Waals surface area contributed by atoms with Gasteiger partial charge in [-0.25, -0.2) is 4.98 Å². The zero-order valence-corrected chi connectivity index (χ0v) is 21.0. The number of rotatable bonds is 4. The molecule has 4 saturated carbocycles. The first-order valence-electron chi connectivity index (χ1n) is 12.6. The molecule has 0 spiro atoms. The van der Waals surface area contributed by atoms with Crippen LogP contribution in [0.15, 0.2) is 34.7 Å². The van der Waals surface area contributed by atoms with Crippen molar-refractivity contribution in [2.75, 3.05) is 5.32 Å². The molecular formula is C28H31N3O3S. The molecule has 7 rings (SSSR count). The zero-order chi connectivity index (χ0) is 24.3. The highest BCUT2D eigenvalue weighted by atomic mass is 32.1. The third-order valence-electron chi connectivity index (χ3n) is 8.26. The number of phenols is 1. The van der Waals surface area contributed by atoms with Crippen LogP contribution in [0.5, 0.6) is 5.75 Å². The van der Waals surface area contributed by atoms with E-state index in [4.69, 9.17) is 16.6 Å². The predicted octanol–water partition coefficient (Wildman–Crippen LogP) is 6.24. The van der Waals surface area contributed by atoms with E-state index >= 15 is 0 Å². The van der Waals surface area contributed by atoms with Gasteiger partial charge in [0.2, 0.25) is 11.8 Å². The Labute approximate surface area is 210 Å². The molecule has 35 heavy (non-hydrogen) atoms. The molecule has 1 amide bonds. The van der Waals surface area contributed by atoms with Crippen LogP contribution in [0.4, 0.5) is 5.69 Å². The number of carbonyl (C=O) groups excluding carboxylic acids is 1. The number of aryl methyl sites for hydroxylation is 2. The van der Waals surface area contributed by atoms with Gasteiger partial charge in [-0.1, -0.05) is 6.07 Å². The molecule has 0 aliphatic heterocycles. The number of amides is 1. The SMILES string of the molecule is Cc1cc(C)c2oc(-c3ccc(NC(=S)NC(=O)CC45CC6CC(CC(C6)C4)C5)cc3O)nc2c1. The summed E-state index contributed by atoms with van der Waals surface area (Å²) in [5.41, 5.74) is 4.86. The number of phenolic OH excluding ortho intramolecular Hbond substituents is 1. The highest BCUT2D eigenvalue weighted by Gasteiger charge is 2.51. The predicted molar refractivity (Wildman–Crippen MR) is 140 cm³/mol. The largest absolute Gasteiger partial charge is 0.507 e. The second kappa shape index (κ2) is 8.33. The lowest BCUT2D eigenvalue weighted by atomic mass is 9.49. The average Bonchev–Trinajstić information content (AvgIpc) is 3.16. The second-order valence-corrected chi connectivity index (χ2v) is 11.7. The molecule has 0 saturated heterocycles. The number of oxazole rings is 1. The molecule has 4 fully saturated rings. The van der Waals surface area contributed by atoms with E-state index in [0.717, 1.165) is 40.0 Å². The Morgan fingerprint density at radius 1 is 1.11 bits per heavy atom. The molecule has 1 aromatic heterocycles. The fourth-order valence-electron chi connectivity index (χ4n) is 7.46. The maximum Gasteiger partial charge on any atom is 0.231 e. The molecule has 3 aromatic rings. The van der Waals surface area contributed by atoms with Gasteiger partial charge in [0.25, 0.3) is 0 Å². The van der Waals surface area contributed by atoms with E-state index in [2.05, 4.69) is 15.6 Å². The fourth-order valence-corrected chi connectivity index (χ4v) is 7.69. The monoisotopic (exact) mass is 489 g/mol. The quantitative estimate of drug-likeness (QED) is 0.376. The minimum atomic E-state index is -0.0116. The Kier molecular flexibility index (Phi) is 5.36. The highest BCUT2D eigenvalue weighted by molar-refractivity contribution is 7.80. The molecule has 4 aliphatic rings. The van der Waals surface area contributed by atoms with Crippen LogP contribution in [0, 0.1) is 37.0 Å². The first-order chi connectivity index (χ1) is 16.7. The van der Waals surface area contributed by atoms with Crippen LogP contribution in [0.3, 0.4) is 0 Å². The van der Waals surface area contributed by atoms with Crippen molar-refractivity contribution in [1.29, 1.82) is 0 Å². The minimum absolute atomic E-state index is 0.0116. The molecular weight excluding hydrogens is 458 g/mol. The summed E-state index contributed by atoms with van der Waals surface area (Å²) in [6.45, 7) is 4.00. The third-order valence-corrected chi connectivity index (χ3v) is 8.46. The van der Waals surface area contributed by atoms with Gasteiger partial charge in [0.15, 0.2) is 10.7 Å². The van der Waals surface area contributed by atoms with Crippen LogP contribution >= 0.6 is 12.2 Å². The number of nitrogens with zero attached hydrogens (tertiary/aromatic N) is 1. The van der Waals surface area contributed by atoms with Crippen molar-refractivity contribution < 1.29 is 14.3 Å². The smallest absolute Gasteiger partial charge is 0.231 e. The van der Waals surface area contributed by atoms with Gasteiger partial charge in [0, 0.05) is 18.2 Å². The van der Waals surface area contributed by atoms with Crippen molar-refractivity contribution in [3.8, 4) is 17.2 Å². The summed E-state index contributed by atoms with van der Waals surface area (Å²) in [5, 5.41) is 16.8. The summed E-state index contributed by atoms with van der Waals surface area (Å²) < 4.78 is 5.94. The number of thiocarbonyl (C=S) groups is 1. The Balaban J connectivity index is 1.11. The molecule has 2 aromatic carbocycles. The normalized spacial score (nSPS) is 26.7. The van der Waals surface area contributed by atoms with E-state index in [1.54, 1.807) is 18.2 Å². The molecule has 4 bridgehead atoms. The van der Waals surface area contributed by atoms with Crippen LogP contribution < -0.4 is 10.6 Å². The Morgan fingerprint density at radius 2 is 1.80 bits per heavy atom. The Hall–Kier alpha value is -2.93. The fraction of sp³-hybridized carbons (Fsp3) is 0.464. The molecule has 4 aliphatic carbocycles. The van der Waals surface area contributed by atoms with Crippen LogP contribution in [0.2, 0.25) is 0 Å². The number of aromatic nitrogens is 1. The number of nitrogens with one attached hydrogen (secondary N) is 2. The van der Waals surface area contributed by atoms with Gasteiger partial charge in [-0.15, -0.1) is 0 Å². The highest BCUT2D eigenvalue weighted by Crippen LogP contribution is 2.61. The minimum Gasteiger partial charge on any atom is -0.507 e. The molecule has 0 radical (unpaired) electrons. The molecule has 182 valence electrons. The van der Waals surface area contributed by atoms with E-state index in [0.29, 0.717) is 23.6 Å². The summed E-state index contributed by atoms with van der Waals surface area (Å²) in [6, 6.07) is 9.11. The number of benzene rings is 2. The molecule has 6 nitrogen and oxygen atoms in total. The maximum absolute atomic E-state index is 12.9. The van der Waals surface area contributed by atoms with Crippen LogP contribution in [0.25, 0.3) is 22.6 Å². The molecule has 3 N–H and O–H groups in total. The lowest BCUT2D eigenvalue weighted by Gasteiger charge is -2.56. The third kappa shape index (κ3) is 4.31. The van der Waals surface area contributed by atoms with E-state index in [-0.39, 0.29) is 22.2 Å². The van der Waals surface area contributed by atoms with Gasteiger partial charge >= 0.3 is 0 Å². The van der Waals surface area contributed by atoms with Crippen LogP contribution in [-0.4, -0.2) is 21.1 Å². The number of aromatic hydroxyl groups is 1. The number of hydrogen-bond donors (Lipinski definition) is 3. The Bertz CT molecular complexity index is 1310. The number of carbonyl (C=O) groups is 1. The maximum atomic E-state index is 12.9. The van der Waals surface area contributed by atoms with Gasteiger partial charge < -0.3 is 20.2 Å². The van der Waals surface area contributed by atoms with E-state index in [9.17, 15) is 9.90 Å². The summed E-state index contributed by atoms with van der Waals surface area (Å²) in [7, 11) is 0. The number of hydrogen-bond acceptors (Lipinski definition) is 5. The van der Waals surface area contributed by atoms with Crippen molar-refractivity contribution >= 4 is 40.0 Å². The van der Waals surface area contributed by atoms with Crippen molar-refractivity contribution in [2.24, 2.45) is 23.2 Å². The van der Waals surface area contributed by atoms with Crippen molar-refractivity contribution in [1.82, 2.24) is 10.3 Å². The van der Waals surface area contributed by atoms with Crippen LogP contribution in [-0.2, 0) is 4.79 Å². The lowest BCUT2D eigenvalue weighted by molar-refractivity contribution is -0.127. The van der Waals surface area contributed by atoms with Gasteiger partial charge in [-0.3, -0.25) is 4.79 Å². The van der Waals surface area contributed by atoms with Crippen molar-refractivity contribution in [2.45, 2.75) is 58.8 Å². The average molecular weight is 490 g/mol. The number of anilines is 1. The van der Waals surface area contributed by atoms with Gasteiger partial charge in [0.1, 0.15) is 11.3 Å². The first kappa shape index (κ1) is 22.5. The van der Waals surface area contributed by atoms with Crippen molar-refractivity contribution in [3.63, 3.8) is 0 Å². The second-order valence-electron chi connectivity index (χ2n) is 11.3. The van der Waals surface area contributed by atoms with Gasteiger partial charge in [-0.2, -0.15) is 0 Å². The standard InChI is InChI=1S/C28H31N3O3S/c1-15-5-16(2)25-22(6-15)30-26(34-25)21-4-3-20(10-23(21)32)29-27(35)31-24(33)14-28-11-17-7-18(12-28)9-19(8-17)13-28/h3-6,10,17-19,32H,7-9,11-14H2,1-2H3,(H2,29,31,33,35). The molecule has 0 unspecified atom stereocenters. The van der Waals surface area contributed by atoms with Crippen LogP contribution in [0.1, 0.15) is 56.1 Å². The van der Waals surface area contributed by atoms with E-state index in [1.807, 2.05) is 26.0 Å². The molecule has 7 heteroatoms.